The highest BCUT2D eigenvalue weighted by atomic mass is 16.6. The van der Waals surface area contributed by atoms with E-state index in [0.717, 1.165) is 22.3 Å². The van der Waals surface area contributed by atoms with Crippen molar-refractivity contribution in [3.05, 3.63) is 95.1 Å². The predicted molar refractivity (Wildman–Crippen MR) is 117 cm³/mol. The Labute approximate surface area is 176 Å². The lowest BCUT2D eigenvalue weighted by Crippen LogP contribution is -2.24. The second kappa shape index (κ2) is 10.3. The molecule has 5 nitrogen and oxygen atoms in total. The normalized spacial score (nSPS) is 10.3. The van der Waals surface area contributed by atoms with E-state index in [1.165, 1.54) is 0 Å². The number of anilines is 1. The summed E-state index contributed by atoms with van der Waals surface area (Å²) in [5.74, 6) is -0.361. The van der Waals surface area contributed by atoms with Crippen molar-refractivity contribution in [3.63, 3.8) is 0 Å². The lowest BCUT2D eigenvalue weighted by Gasteiger charge is -2.12. The summed E-state index contributed by atoms with van der Waals surface area (Å²) in [5, 5.41) is 2.76. The number of benzene rings is 3. The molecule has 5 heteroatoms. The Morgan fingerprint density at radius 1 is 0.867 bits per heavy atom. The maximum Gasteiger partial charge on any atom is 0.344 e. The predicted octanol–water partition coefficient (Wildman–Crippen LogP) is 4.45. The summed E-state index contributed by atoms with van der Waals surface area (Å²) in [4.78, 5) is 24.1. The Balaban J connectivity index is 1.49. The van der Waals surface area contributed by atoms with Crippen molar-refractivity contribution in [1.29, 1.82) is 0 Å². The van der Waals surface area contributed by atoms with Crippen LogP contribution in [0.5, 0.6) is 5.75 Å². The van der Waals surface area contributed by atoms with E-state index in [0.29, 0.717) is 17.9 Å². The van der Waals surface area contributed by atoms with Crippen molar-refractivity contribution in [2.75, 3.05) is 18.5 Å². The lowest BCUT2D eigenvalue weighted by molar-refractivity contribution is -0.149. The fraction of sp³-hybridized carbons (Fsp3) is 0.200. The summed E-state index contributed by atoms with van der Waals surface area (Å²) in [7, 11) is 0. The molecule has 0 aliphatic heterocycles. The molecular formula is C25H25NO4. The first-order valence-corrected chi connectivity index (χ1v) is 9.78. The van der Waals surface area contributed by atoms with E-state index in [1.54, 1.807) is 0 Å². The first kappa shape index (κ1) is 21.1. The molecule has 3 rings (SSSR count). The third-order valence-corrected chi connectivity index (χ3v) is 4.59. The molecule has 0 unspecified atom stereocenters. The van der Waals surface area contributed by atoms with Gasteiger partial charge in [0, 0.05) is 12.1 Å². The number of carbonyl (C=O) groups is 2. The van der Waals surface area contributed by atoms with Crippen molar-refractivity contribution >= 4 is 17.6 Å². The molecule has 0 radical (unpaired) electrons. The van der Waals surface area contributed by atoms with Gasteiger partial charge in [0.25, 0.3) is 5.91 Å². The van der Waals surface area contributed by atoms with Gasteiger partial charge in [-0.3, -0.25) is 4.79 Å². The molecular weight excluding hydrogens is 378 g/mol. The van der Waals surface area contributed by atoms with Crippen molar-refractivity contribution < 1.29 is 19.1 Å². The van der Waals surface area contributed by atoms with Gasteiger partial charge in [-0.25, -0.2) is 4.79 Å². The first-order chi connectivity index (χ1) is 14.5. The molecule has 0 atom stereocenters. The largest absolute Gasteiger partial charge is 0.482 e. The van der Waals surface area contributed by atoms with Gasteiger partial charge in [0.1, 0.15) is 5.75 Å². The van der Waals surface area contributed by atoms with Crippen LogP contribution in [0.4, 0.5) is 5.69 Å². The minimum absolute atomic E-state index is 0.261. The smallest absolute Gasteiger partial charge is 0.344 e. The maximum absolute atomic E-state index is 12.1. The third-order valence-electron chi connectivity index (χ3n) is 4.59. The van der Waals surface area contributed by atoms with E-state index in [2.05, 4.69) is 5.32 Å². The van der Waals surface area contributed by atoms with Crippen LogP contribution >= 0.6 is 0 Å². The molecule has 0 heterocycles. The van der Waals surface area contributed by atoms with Crippen LogP contribution in [0.3, 0.4) is 0 Å². The van der Waals surface area contributed by atoms with Crippen molar-refractivity contribution in [2.45, 2.75) is 20.3 Å². The van der Waals surface area contributed by atoms with Crippen molar-refractivity contribution in [3.8, 4) is 5.75 Å². The molecule has 154 valence electrons. The molecule has 0 saturated carbocycles. The first-order valence-electron chi connectivity index (χ1n) is 9.78. The van der Waals surface area contributed by atoms with Gasteiger partial charge in [0.05, 0.1) is 0 Å². The van der Waals surface area contributed by atoms with E-state index in [1.807, 2.05) is 86.6 Å². The number of aryl methyl sites for hydroxylation is 2. The van der Waals surface area contributed by atoms with Gasteiger partial charge in [-0.15, -0.1) is 0 Å². The van der Waals surface area contributed by atoms with Crippen LogP contribution in [0.25, 0.3) is 0 Å². The Hall–Kier alpha value is -3.60. The van der Waals surface area contributed by atoms with Gasteiger partial charge in [0.15, 0.2) is 13.2 Å². The van der Waals surface area contributed by atoms with Crippen molar-refractivity contribution in [1.82, 2.24) is 0 Å². The van der Waals surface area contributed by atoms with Crippen LogP contribution in [0.1, 0.15) is 22.3 Å². The quantitative estimate of drug-likeness (QED) is 0.564. The molecule has 3 aromatic rings. The fourth-order valence-electron chi connectivity index (χ4n) is 2.99. The zero-order valence-electron chi connectivity index (χ0n) is 17.2. The Bertz CT molecular complexity index is 1010. The topological polar surface area (TPSA) is 64.6 Å². The van der Waals surface area contributed by atoms with E-state index < -0.39 is 5.97 Å². The second-order valence-electron chi connectivity index (χ2n) is 7.09. The van der Waals surface area contributed by atoms with Crippen LogP contribution in [-0.2, 0) is 20.7 Å². The van der Waals surface area contributed by atoms with Gasteiger partial charge >= 0.3 is 5.97 Å². The molecule has 0 spiro atoms. The number of hydrogen-bond acceptors (Lipinski definition) is 4. The molecule has 0 aromatic heterocycles. The molecule has 0 bridgehead atoms. The van der Waals surface area contributed by atoms with Gasteiger partial charge < -0.3 is 14.8 Å². The number of hydrogen-bond donors (Lipinski definition) is 1. The molecule has 0 aliphatic rings. The molecule has 3 aromatic carbocycles. The number of esters is 1. The number of nitrogens with one attached hydrogen (secondary N) is 1. The summed E-state index contributed by atoms with van der Waals surface area (Å²) in [5.41, 5.74) is 4.82. The third kappa shape index (κ3) is 6.21. The SMILES string of the molecule is Cc1ccc(C)c(NC(=O)COC(=O)COc2ccccc2Cc2ccccc2)c1. The average Bonchev–Trinajstić information content (AvgIpc) is 2.75. The fourth-order valence-corrected chi connectivity index (χ4v) is 2.99. The number of amides is 1. The van der Waals surface area contributed by atoms with Crippen LogP contribution in [-0.4, -0.2) is 25.1 Å². The van der Waals surface area contributed by atoms with Gasteiger partial charge in [-0.2, -0.15) is 0 Å². The van der Waals surface area contributed by atoms with E-state index in [9.17, 15) is 9.59 Å². The molecule has 0 fully saturated rings. The van der Waals surface area contributed by atoms with Gasteiger partial charge in [-0.05, 0) is 48.2 Å². The Morgan fingerprint density at radius 2 is 1.60 bits per heavy atom. The standard InChI is InChI=1S/C25H25NO4/c1-18-12-13-19(2)22(14-18)26-24(27)16-30-25(28)17-29-23-11-7-6-10-21(23)15-20-8-4-3-5-9-20/h3-14H,15-17H2,1-2H3,(H,26,27). The highest BCUT2D eigenvalue weighted by Crippen LogP contribution is 2.21. The molecule has 1 N–H and O–H groups in total. The van der Waals surface area contributed by atoms with Crippen LogP contribution in [0.2, 0.25) is 0 Å². The summed E-state index contributed by atoms with van der Waals surface area (Å²) < 4.78 is 10.7. The van der Waals surface area contributed by atoms with Crippen LogP contribution in [0, 0.1) is 13.8 Å². The Morgan fingerprint density at radius 3 is 2.40 bits per heavy atom. The number of ether oxygens (including phenoxy) is 2. The number of rotatable bonds is 8. The van der Waals surface area contributed by atoms with E-state index in [4.69, 9.17) is 9.47 Å². The monoisotopic (exact) mass is 403 g/mol. The molecule has 0 saturated heterocycles. The number of carbonyl (C=O) groups excluding carboxylic acids is 2. The van der Waals surface area contributed by atoms with Crippen LogP contribution < -0.4 is 10.1 Å². The van der Waals surface area contributed by atoms with Gasteiger partial charge in [0.2, 0.25) is 0 Å². The summed E-state index contributed by atoms with van der Waals surface area (Å²) in [6, 6.07) is 23.4. The summed E-state index contributed by atoms with van der Waals surface area (Å²) in [6.45, 7) is 3.23. The highest BCUT2D eigenvalue weighted by Gasteiger charge is 2.11. The minimum Gasteiger partial charge on any atom is -0.482 e. The molecule has 0 aliphatic carbocycles. The van der Waals surface area contributed by atoms with Crippen LogP contribution in [0.15, 0.2) is 72.8 Å². The molecule has 1 amide bonds. The Kier molecular flexibility index (Phi) is 7.22. The highest BCUT2D eigenvalue weighted by molar-refractivity contribution is 5.93. The maximum atomic E-state index is 12.1. The summed E-state index contributed by atoms with van der Waals surface area (Å²) >= 11 is 0. The minimum atomic E-state index is -0.597. The average molecular weight is 403 g/mol. The zero-order chi connectivity index (χ0) is 21.3. The van der Waals surface area contributed by atoms with E-state index >= 15 is 0 Å². The van der Waals surface area contributed by atoms with Crippen molar-refractivity contribution in [2.24, 2.45) is 0 Å². The summed E-state index contributed by atoms with van der Waals surface area (Å²) in [6.07, 6.45) is 0.699. The lowest BCUT2D eigenvalue weighted by atomic mass is 10.0. The second-order valence-corrected chi connectivity index (χ2v) is 7.09. The van der Waals surface area contributed by atoms with E-state index in [-0.39, 0.29) is 19.1 Å². The molecule has 30 heavy (non-hydrogen) atoms. The number of para-hydroxylation sites is 1. The van der Waals surface area contributed by atoms with Gasteiger partial charge in [-0.1, -0.05) is 60.7 Å². The zero-order valence-corrected chi connectivity index (χ0v) is 17.2.